The molecule has 38 heavy (non-hydrogen) atoms. The summed E-state index contributed by atoms with van der Waals surface area (Å²) < 4.78 is 15.1. The number of benzene rings is 1. The Labute approximate surface area is 225 Å². The molecule has 1 rings (SSSR count). The summed E-state index contributed by atoms with van der Waals surface area (Å²) in [7, 11) is -5.20. The number of carbonyl (C=O) groups excluding carboxylic acids is 4. The number of ketones is 2. The molecule has 3 atom stereocenters. The van der Waals surface area contributed by atoms with Crippen LogP contribution in [0.15, 0.2) is 24.3 Å². The smallest absolute Gasteiger partial charge is 0.224 e. The van der Waals surface area contributed by atoms with Gasteiger partial charge in [0.05, 0.1) is 12.6 Å². The highest BCUT2D eigenvalue weighted by atomic mass is 31.2. The summed E-state index contributed by atoms with van der Waals surface area (Å²) in [6.45, 7) is 7.01. The number of nitrogens with one attached hydrogen (secondary N) is 2. The monoisotopic (exact) mass is 560 g/mol. The molecule has 0 spiro atoms. The van der Waals surface area contributed by atoms with E-state index >= 15 is 0 Å². The first kappa shape index (κ1) is 37.5. The lowest BCUT2D eigenvalue weighted by molar-refractivity contribution is -0.333. The van der Waals surface area contributed by atoms with E-state index in [4.69, 9.17) is 0 Å². The lowest BCUT2D eigenvalue weighted by Crippen LogP contribution is -2.45. The fourth-order valence-electron chi connectivity index (χ4n) is 3.64. The molecule has 0 aliphatic carbocycles. The predicted molar refractivity (Wildman–Crippen MR) is 143 cm³/mol. The third-order valence-corrected chi connectivity index (χ3v) is 6.35. The normalized spacial score (nSPS) is 13.1. The molecule has 0 saturated heterocycles. The van der Waals surface area contributed by atoms with Crippen molar-refractivity contribution < 1.29 is 38.1 Å². The van der Waals surface area contributed by atoms with Gasteiger partial charge in [0.25, 0.3) is 0 Å². The maximum atomic E-state index is 13.3. The van der Waals surface area contributed by atoms with Crippen molar-refractivity contribution in [1.82, 2.24) is 22.9 Å². The van der Waals surface area contributed by atoms with Gasteiger partial charge in [0.2, 0.25) is 11.8 Å². The number of phosphoric acid groups is 1. The van der Waals surface area contributed by atoms with E-state index in [0.717, 1.165) is 12.8 Å². The van der Waals surface area contributed by atoms with Crippen molar-refractivity contribution in [1.29, 1.82) is 0 Å². The first-order chi connectivity index (χ1) is 16.9. The van der Waals surface area contributed by atoms with E-state index in [9.17, 15) is 33.5 Å². The Kier molecular flexibility index (Phi) is 18.4. The van der Waals surface area contributed by atoms with Gasteiger partial charge in [0, 0.05) is 18.8 Å². The molecule has 218 valence electrons. The van der Waals surface area contributed by atoms with Gasteiger partial charge >= 0.3 is 0 Å². The van der Waals surface area contributed by atoms with Gasteiger partial charge in [-0.15, -0.1) is 0 Å². The van der Waals surface area contributed by atoms with Crippen LogP contribution in [-0.4, -0.2) is 36.0 Å². The maximum absolute atomic E-state index is 13.3. The second-order valence-electron chi connectivity index (χ2n) is 9.05. The van der Waals surface area contributed by atoms with Gasteiger partial charge in [0.15, 0.2) is 5.78 Å². The highest BCUT2D eigenvalue weighted by Crippen LogP contribution is 2.29. The van der Waals surface area contributed by atoms with Crippen molar-refractivity contribution in [2.45, 2.75) is 78.7 Å². The molecule has 12 nitrogen and oxygen atoms in total. The van der Waals surface area contributed by atoms with Crippen molar-refractivity contribution in [2.24, 2.45) is 11.8 Å². The molecular weight excluding hydrogens is 515 g/mol. The lowest BCUT2D eigenvalue weighted by Gasteiger charge is -2.29. The SMILES string of the molecule is CCCCCC(=O)NC(Cc1ccc(OP(=O)([O-])[O-])cc1)C(=O)C[C@H](C(=O)NCC(C)=O)C(C)CC.[NH4+].[NH4+]. The van der Waals surface area contributed by atoms with E-state index in [-0.39, 0.29) is 73.2 Å². The maximum Gasteiger partial charge on any atom is 0.224 e. The number of rotatable bonds is 17. The second-order valence-corrected chi connectivity index (χ2v) is 10.1. The van der Waals surface area contributed by atoms with Gasteiger partial charge in [-0.1, -0.05) is 52.2 Å². The number of phosphoric ester groups is 1. The van der Waals surface area contributed by atoms with Crippen LogP contribution in [0.5, 0.6) is 5.75 Å². The van der Waals surface area contributed by atoms with Crippen molar-refractivity contribution >= 4 is 31.2 Å². The molecule has 0 heterocycles. The molecule has 1 aromatic carbocycles. The molecule has 2 unspecified atom stereocenters. The first-order valence-corrected chi connectivity index (χ1v) is 13.7. The fourth-order valence-corrected chi connectivity index (χ4v) is 4.02. The molecular formula is C25H45N4O8P. The van der Waals surface area contributed by atoms with Crippen molar-refractivity contribution in [3.63, 3.8) is 0 Å². The van der Waals surface area contributed by atoms with Crippen molar-refractivity contribution in [2.75, 3.05) is 6.54 Å². The van der Waals surface area contributed by atoms with Crippen molar-refractivity contribution in [3.8, 4) is 5.75 Å². The molecule has 0 aliphatic heterocycles. The van der Waals surface area contributed by atoms with Gasteiger partial charge in [-0.3, -0.25) is 19.2 Å². The van der Waals surface area contributed by atoms with Crippen LogP contribution in [0.4, 0.5) is 0 Å². The van der Waals surface area contributed by atoms with Crippen LogP contribution in [0.1, 0.15) is 71.8 Å². The molecule has 13 heteroatoms. The molecule has 0 radical (unpaired) electrons. The van der Waals surface area contributed by atoms with E-state index in [2.05, 4.69) is 15.2 Å². The Morgan fingerprint density at radius 3 is 2.13 bits per heavy atom. The van der Waals surface area contributed by atoms with Crippen LogP contribution >= 0.6 is 7.82 Å². The number of quaternary nitrogens is 2. The highest BCUT2D eigenvalue weighted by Gasteiger charge is 2.30. The van der Waals surface area contributed by atoms with E-state index in [1.54, 1.807) is 0 Å². The minimum absolute atomic E-state index is 0. The number of hydrogen-bond donors (Lipinski definition) is 4. The molecule has 2 amide bonds. The zero-order chi connectivity index (χ0) is 27.3. The van der Waals surface area contributed by atoms with Crippen LogP contribution in [0, 0.1) is 11.8 Å². The van der Waals surface area contributed by atoms with Gasteiger partial charge < -0.3 is 41.8 Å². The third kappa shape index (κ3) is 14.9. The molecule has 0 aliphatic rings. The number of Topliss-reactive ketones (excluding diaryl/α,β-unsaturated/α-hetero) is 2. The van der Waals surface area contributed by atoms with E-state index in [1.807, 2.05) is 20.8 Å². The van der Waals surface area contributed by atoms with Crippen LogP contribution in [0.2, 0.25) is 0 Å². The van der Waals surface area contributed by atoms with Crippen LogP contribution in [-0.2, 0) is 30.2 Å². The Bertz CT molecular complexity index is 936. The summed E-state index contributed by atoms with van der Waals surface area (Å²) >= 11 is 0. The van der Waals surface area contributed by atoms with E-state index in [0.29, 0.717) is 18.4 Å². The van der Waals surface area contributed by atoms with Gasteiger partial charge in [0.1, 0.15) is 19.4 Å². The summed E-state index contributed by atoms with van der Waals surface area (Å²) in [6.07, 6.45) is 3.40. The summed E-state index contributed by atoms with van der Waals surface area (Å²) in [4.78, 5) is 71.5. The van der Waals surface area contributed by atoms with E-state index in [1.165, 1.54) is 31.2 Å². The zero-order valence-electron chi connectivity index (χ0n) is 23.4. The summed E-state index contributed by atoms with van der Waals surface area (Å²) in [5.41, 5.74) is 0.599. The lowest BCUT2D eigenvalue weighted by atomic mass is 9.84. The third-order valence-electron chi connectivity index (χ3n) is 5.91. The van der Waals surface area contributed by atoms with Gasteiger partial charge in [-0.05, 0) is 43.4 Å². The quantitative estimate of drug-likeness (QED) is 0.163. The fraction of sp³-hybridized carbons (Fsp3) is 0.600. The average Bonchev–Trinajstić information content (AvgIpc) is 2.80. The minimum atomic E-state index is -5.20. The van der Waals surface area contributed by atoms with Crippen LogP contribution in [0.25, 0.3) is 0 Å². The molecule has 0 bridgehead atoms. The average molecular weight is 561 g/mol. The number of unbranched alkanes of at least 4 members (excludes halogenated alkanes) is 2. The van der Waals surface area contributed by atoms with E-state index < -0.39 is 19.8 Å². The highest BCUT2D eigenvalue weighted by molar-refractivity contribution is 7.43. The summed E-state index contributed by atoms with van der Waals surface area (Å²) in [6, 6.07) is 4.67. The zero-order valence-corrected chi connectivity index (χ0v) is 24.3. The summed E-state index contributed by atoms with van der Waals surface area (Å²) in [5.74, 6) is -2.15. The number of carbonyl (C=O) groups is 4. The van der Waals surface area contributed by atoms with Gasteiger partial charge in [-0.25, -0.2) is 0 Å². The Morgan fingerprint density at radius 2 is 1.63 bits per heavy atom. The Balaban J connectivity index is 0. The molecule has 1 aromatic rings. The Hall–Kier alpha value is -2.63. The first-order valence-electron chi connectivity index (χ1n) is 12.3. The van der Waals surface area contributed by atoms with Crippen LogP contribution in [0.3, 0.4) is 0 Å². The van der Waals surface area contributed by atoms with Gasteiger partial charge in [-0.2, -0.15) is 0 Å². The number of amides is 2. The standard InChI is InChI=1S/C25H39N2O8P.2H3N/c1-5-7-8-9-24(30)27-22(14-19-10-12-20(13-11-19)35-36(32,33)34)23(29)15-21(17(3)6-2)25(31)26-16-18(4)28;;/h10-13,17,21-22H,5-9,14-16H2,1-4H3,(H,26,31)(H,27,30)(H2,32,33,34);2*1H3/t17?,21-,22?;;/m0../s1. The largest absolute Gasteiger partial charge is 0.780 e. The number of hydrogen-bond acceptors (Lipinski definition) is 8. The molecule has 0 fully saturated rings. The van der Waals surface area contributed by atoms with Crippen molar-refractivity contribution in [3.05, 3.63) is 29.8 Å². The molecule has 10 N–H and O–H groups in total. The second kappa shape index (κ2) is 18.6. The van der Waals surface area contributed by atoms with Crippen LogP contribution < -0.4 is 37.2 Å². The molecule has 0 aromatic heterocycles. The topological polar surface area (TPSA) is 238 Å². The predicted octanol–water partition coefficient (Wildman–Crippen LogP) is 2.58. The molecule has 0 saturated carbocycles. The minimum Gasteiger partial charge on any atom is -0.780 e. The summed E-state index contributed by atoms with van der Waals surface area (Å²) in [5, 5.41) is 5.35. The Morgan fingerprint density at radius 1 is 1.03 bits per heavy atom.